The number of aliphatic hydroxyl groups excluding tert-OH is 1. The van der Waals surface area contributed by atoms with Gasteiger partial charge in [0.05, 0.1) is 5.71 Å². The Bertz CT molecular complexity index is 256. The van der Waals surface area contributed by atoms with Crippen molar-refractivity contribution in [1.82, 2.24) is 5.32 Å². The summed E-state index contributed by atoms with van der Waals surface area (Å²) in [5.74, 6) is 0. The predicted octanol–water partition coefficient (Wildman–Crippen LogP) is 1.07. The Morgan fingerprint density at radius 1 is 1.73 bits per heavy atom. The van der Waals surface area contributed by atoms with E-state index >= 15 is 0 Å². The van der Waals surface area contributed by atoms with Crippen molar-refractivity contribution in [3.8, 4) is 0 Å². The molecule has 15 heavy (non-hydrogen) atoms. The molecule has 1 rings (SSSR count). The molecule has 0 aliphatic carbocycles. The fourth-order valence-corrected chi connectivity index (χ4v) is 1.29. The molecule has 2 atom stereocenters. The van der Waals surface area contributed by atoms with E-state index in [4.69, 9.17) is 4.84 Å². The highest BCUT2D eigenvalue weighted by atomic mass is 16.7. The van der Waals surface area contributed by atoms with Crippen LogP contribution in [-0.2, 0) is 4.84 Å². The van der Waals surface area contributed by atoms with Crippen LogP contribution in [-0.4, -0.2) is 35.1 Å². The van der Waals surface area contributed by atoms with E-state index in [9.17, 15) is 5.11 Å². The van der Waals surface area contributed by atoms with Gasteiger partial charge in [0.25, 0.3) is 0 Å². The lowest BCUT2D eigenvalue weighted by atomic mass is 10.1. The van der Waals surface area contributed by atoms with Gasteiger partial charge in [-0.05, 0) is 26.8 Å². The first-order chi connectivity index (χ1) is 6.92. The van der Waals surface area contributed by atoms with Crippen molar-refractivity contribution in [3.63, 3.8) is 0 Å². The van der Waals surface area contributed by atoms with E-state index < -0.39 is 6.10 Å². The van der Waals surface area contributed by atoms with E-state index in [0.717, 1.165) is 5.71 Å². The van der Waals surface area contributed by atoms with Gasteiger partial charge in [-0.3, -0.25) is 0 Å². The molecule has 0 saturated carbocycles. The van der Waals surface area contributed by atoms with Gasteiger partial charge in [0.15, 0.2) is 6.10 Å². The smallest absolute Gasteiger partial charge is 0.160 e. The molecule has 86 valence electrons. The van der Waals surface area contributed by atoms with Crippen molar-refractivity contribution >= 4 is 5.71 Å². The number of oxime groups is 1. The normalized spacial score (nSPS) is 23.2. The van der Waals surface area contributed by atoms with Gasteiger partial charge in [-0.2, -0.15) is 0 Å². The molecule has 2 N–H and O–H groups in total. The zero-order valence-electron chi connectivity index (χ0n) is 9.66. The Morgan fingerprint density at radius 2 is 2.40 bits per heavy atom. The summed E-state index contributed by atoms with van der Waals surface area (Å²) in [5, 5.41) is 16.9. The van der Waals surface area contributed by atoms with Crippen LogP contribution in [0.3, 0.4) is 0 Å². The van der Waals surface area contributed by atoms with Crippen LogP contribution in [0.5, 0.6) is 0 Å². The van der Waals surface area contributed by atoms with Crippen LogP contribution in [0.1, 0.15) is 27.2 Å². The van der Waals surface area contributed by atoms with Crippen LogP contribution >= 0.6 is 0 Å². The molecule has 1 aliphatic rings. The second-order valence-corrected chi connectivity index (χ2v) is 4.83. The van der Waals surface area contributed by atoms with Crippen LogP contribution < -0.4 is 5.32 Å². The average molecular weight is 212 g/mol. The minimum Gasteiger partial charge on any atom is -0.389 e. The molecule has 1 heterocycles. The fraction of sp³-hybridized carbons (Fsp3) is 0.727. The lowest BCUT2D eigenvalue weighted by Crippen LogP contribution is -2.44. The summed E-state index contributed by atoms with van der Waals surface area (Å²) in [6.45, 7) is 10.3. The predicted molar refractivity (Wildman–Crippen MR) is 60.9 cm³/mol. The number of nitrogens with zero attached hydrogens (tertiary/aromatic N) is 1. The van der Waals surface area contributed by atoms with E-state index in [1.165, 1.54) is 0 Å². The first kappa shape index (κ1) is 12.2. The number of hydrogen-bond donors (Lipinski definition) is 2. The average Bonchev–Trinajstić information content (AvgIpc) is 2.61. The van der Waals surface area contributed by atoms with E-state index in [0.29, 0.717) is 13.0 Å². The minimum absolute atomic E-state index is 0.00169. The van der Waals surface area contributed by atoms with E-state index in [-0.39, 0.29) is 11.6 Å². The maximum atomic E-state index is 9.83. The molecule has 4 heteroatoms. The highest BCUT2D eigenvalue weighted by Gasteiger charge is 2.27. The molecule has 0 spiro atoms. The summed E-state index contributed by atoms with van der Waals surface area (Å²) >= 11 is 0. The van der Waals surface area contributed by atoms with Gasteiger partial charge in [-0.25, -0.2) is 0 Å². The molecule has 0 bridgehead atoms. The Kier molecular flexibility index (Phi) is 3.88. The Balaban J connectivity index is 2.31. The molecule has 0 aromatic rings. The molecule has 1 aliphatic heterocycles. The van der Waals surface area contributed by atoms with Crippen molar-refractivity contribution in [3.05, 3.63) is 12.7 Å². The zero-order valence-corrected chi connectivity index (χ0v) is 9.66. The van der Waals surface area contributed by atoms with Gasteiger partial charge in [-0.15, -0.1) is 0 Å². The maximum Gasteiger partial charge on any atom is 0.160 e. The first-order valence-corrected chi connectivity index (χ1v) is 5.20. The number of allylic oxidation sites excluding steroid dienone is 1. The summed E-state index contributed by atoms with van der Waals surface area (Å²) in [5.41, 5.74) is 0.802. The van der Waals surface area contributed by atoms with Crippen molar-refractivity contribution in [1.29, 1.82) is 0 Å². The summed E-state index contributed by atoms with van der Waals surface area (Å²) in [6.07, 6.45) is 1.51. The van der Waals surface area contributed by atoms with Crippen molar-refractivity contribution in [2.24, 2.45) is 5.16 Å². The van der Waals surface area contributed by atoms with Crippen LogP contribution in [0.2, 0.25) is 0 Å². The van der Waals surface area contributed by atoms with E-state index in [1.54, 1.807) is 6.08 Å². The summed E-state index contributed by atoms with van der Waals surface area (Å²) in [6, 6.07) is 0. The van der Waals surface area contributed by atoms with Crippen molar-refractivity contribution in [2.75, 3.05) is 6.54 Å². The van der Waals surface area contributed by atoms with Gasteiger partial charge < -0.3 is 15.3 Å². The highest BCUT2D eigenvalue weighted by molar-refractivity contribution is 5.95. The quantitative estimate of drug-likeness (QED) is 0.733. The standard InChI is InChI=1S/C11H20N2O2/c1-5-8-6-10(15-13-8)9(14)7-12-11(2,3)4/h5,9-10,12,14H,1,6-7H2,2-4H3/t9-,10+/m1/s1. The molecule has 0 amide bonds. The summed E-state index contributed by atoms with van der Waals surface area (Å²) < 4.78 is 0. The van der Waals surface area contributed by atoms with Gasteiger partial charge in [0.1, 0.15) is 6.10 Å². The third-order valence-corrected chi connectivity index (χ3v) is 2.22. The van der Waals surface area contributed by atoms with Crippen LogP contribution in [0, 0.1) is 0 Å². The SMILES string of the molecule is C=CC1=NO[C@H]([C@H](O)CNC(C)(C)C)C1. The minimum atomic E-state index is -0.537. The van der Waals surface area contributed by atoms with Crippen LogP contribution in [0.25, 0.3) is 0 Å². The lowest BCUT2D eigenvalue weighted by molar-refractivity contribution is -0.0181. The Labute approximate surface area is 91.0 Å². The number of hydrogen-bond acceptors (Lipinski definition) is 4. The molecular weight excluding hydrogens is 192 g/mol. The molecule has 0 fully saturated rings. The summed E-state index contributed by atoms with van der Waals surface area (Å²) in [7, 11) is 0. The molecule has 4 nitrogen and oxygen atoms in total. The number of nitrogens with one attached hydrogen (secondary N) is 1. The van der Waals surface area contributed by atoms with Crippen LogP contribution in [0.4, 0.5) is 0 Å². The lowest BCUT2D eigenvalue weighted by Gasteiger charge is -2.24. The zero-order chi connectivity index (χ0) is 11.5. The van der Waals surface area contributed by atoms with Crippen molar-refractivity contribution in [2.45, 2.75) is 44.9 Å². The molecule has 0 saturated heterocycles. The first-order valence-electron chi connectivity index (χ1n) is 5.20. The largest absolute Gasteiger partial charge is 0.389 e. The number of β-amino-alcohol motifs (C(OH)–C–C–N with tert-alkyl or cyclic N) is 1. The second-order valence-electron chi connectivity index (χ2n) is 4.83. The maximum absolute atomic E-state index is 9.83. The number of aliphatic hydroxyl groups is 1. The molecule has 0 aromatic heterocycles. The van der Waals surface area contributed by atoms with Gasteiger partial charge >= 0.3 is 0 Å². The number of rotatable bonds is 4. The van der Waals surface area contributed by atoms with Crippen LogP contribution in [0.15, 0.2) is 17.8 Å². The second kappa shape index (κ2) is 4.77. The fourth-order valence-electron chi connectivity index (χ4n) is 1.29. The molecule has 0 aromatic carbocycles. The summed E-state index contributed by atoms with van der Waals surface area (Å²) in [4.78, 5) is 5.11. The van der Waals surface area contributed by atoms with E-state index in [1.807, 2.05) is 0 Å². The van der Waals surface area contributed by atoms with Gasteiger partial charge in [0.2, 0.25) is 0 Å². The third-order valence-electron chi connectivity index (χ3n) is 2.22. The molecule has 0 radical (unpaired) electrons. The van der Waals surface area contributed by atoms with Gasteiger partial charge in [-0.1, -0.05) is 11.7 Å². The topological polar surface area (TPSA) is 53.9 Å². The Morgan fingerprint density at radius 3 is 2.87 bits per heavy atom. The Hall–Kier alpha value is -0.870. The van der Waals surface area contributed by atoms with Gasteiger partial charge in [0, 0.05) is 18.5 Å². The molecular formula is C11H20N2O2. The highest BCUT2D eigenvalue weighted by Crippen LogP contribution is 2.14. The van der Waals surface area contributed by atoms with Crippen molar-refractivity contribution < 1.29 is 9.94 Å². The van der Waals surface area contributed by atoms with E-state index in [2.05, 4.69) is 37.8 Å². The molecule has 0 unspecified atom stereocenters. The monoisotopic (exact) mass is 212 g/mol. The third kappa shape index (κ3) is 4.01.